The summed E-state index contributed by atoms with van der Waals surface area (Å²) in [5.74, 6) is 1.63. The molecule has 1 aromatic carbocycles. The summed E-state index contributed by atoms with van der Waals surface area (Å²) in [4.78, 5) is 25.2. The zero-order valence-corrected chi connectivity index (χ0v) is 27.7. The summed E-state index contributed by atoms with van der Waals surface area (Å²) in [6.07, 6.45) is 7.97. The molecule has 1 spiro atoms. The van der Waals surface area contributed by atoms with Crippen LogP contribution in [0, 0.1) is 13.8 Å². The number of sulfonamides is 1. The van der Waals surface area contributed by atoms with E-state index in [1.807, 2.05) is 30.0 Å². The average molecular weight is 638 g/mol. The van der Waals surface area contributed by atoms with Crippen molar-refractivity contribution in [2.45, 2.75) is 96.2 Å². The van der Waals surface area contributed by atoms with E-state index in [1.165, 1.54) is 13.2 Å². The van der Waals surface area contributed by atoms with Crippen LogP contribution in [0.4, 0.5) is 5.82 Å². The quantitative estimate of drug-likeness (QED) is 0.199. The Morgan fingerprint density at radius 3 is 2.58 bits per heavy atom. The molecular weight excluding hydrogens is 594 g/mol. The van der Waals surface area contributed by atoms with Gasteiger partial charge in [0.15, 0.2) is 5.82 Å². The summed E-state index contributed by atoms with van der Waals surface area (Å²) >= 11 is 0. The topological polar surface area (TPSA) is 127 Å². The number of amides is 1. The minimum Gasteiger partial charge on any atom is -0.377 e. The second-order valence-corrected chi connectivity index (χ2v) is 13.5. The zero-order valence-electron chi connectivity index (χ0n) is 26.8. The Balaban J connectivity index is 1.53. The van der Waals surface area contributed by atoms with Crippen molar-refractivity contribution < 1.29 is 27.2 Å². The SMILES string of the molecule is CCCCC1=NC2(CCCC2)C(=O)N1Cc1ccc(-c2ncccc2S(=O)(=O)N(COC)c2noc(C)c2C)c(COCC)c1. The summed E-state index contributed by atoms with van der Waals surface area (Å²) in [6, 6.07) is 8.90. The summed E-state index contributed by atoms with van der Waals surface area (Å²) in [6.45, 7) is 8.37. The third-order valence-corrected chi connectivity index (χ3v) is 10.4. The van der Waals surface area contributed by atoms with E-state index in [2.05, 4.69) is 17.1 Å². The fraction of sp³-hybridized carbons (Fsp3) is 0.515. The van der Waals surface area contributed by atoms with Gasteiger partial charge in [-0.1, -0.05) is 49.5 Å². The van der Waals surface area contributed by atoms with Crippen LogP contribution >= 0.6 is 0 Å². The second-order valence-electron chi connectivity index (χ2n) is 11.7. The van der Waals surface area contributed by atoms with Gasteiger partial charge in [-0.25, -0.2) is 12.7 Å². The molecule has 1 fully saturated rings. The number of amidine groups is 1. The molecule has 1 amide bonds. The molecule has 0 N–H and O–H groups in total. The van der Waals surface area contributed by atoms with E-state index in [4.69, 9.17) is 19.0 Å². The van der Waals surface area contributed by atoms with Gasteiger partial charge in [0.1, 0.15) is 28.8 Å². The lowest BCUT2D eigenvalue weighted by atomic mass is 9.97. The van der Waals surface area contributed by atoms with Gasteiger partial charge in [0.05, 0.1) is 18.8 Å². The molecule has 0 radical (unpaired) electrons. The first kappa shape index (κ1) is 32.8. The first-order chi connectivity index (χ1) is 21.7. The van der Waals surface area contributed by atoms with Crippen molar-refractivity contribution in [1.29, 1.82) is 0 Å². The summed E-state index contributed by atoms with van der Waals surface area (Å²) in [5, 5.41) is 4.01. The van der Waals surface area contributed by atoms with Crippen molar-refractivity contribution >= 4 is 27.6 Å². The summed E-state index contributed by atoms with van der Waals surface area (Å²) in [5.41, 5.74) is 2.58. The predicted octanol–water partition coefficient (Wildman–Crippen LogP) is 5.93. The molecule has 11 nitrogen and oxygen atoms in total. The lowest BCUT2D eigenvalue weighted by molar-refractivity contribution is -0.131. The van der Waals surface area contributed by atoms with Gasteiger partial charge in [0.25, 0.3) is 15.9 Å². The number of hydrogen-bond donors (Lipinski definition) is 0. The Labute approximate surface area is 265 Å². The van der Waals surface area contributed by atoms with Crippen LogP contribution in [-0.4, -0.2) is 61.2 Å². The van der Waals surface area contributed by atoms with Crippen LogP contribution < -0.4 is 4.31 Å². The zero-order chi connectivity index (χ0) is 32.2. The normalized spacial score (nSPS) is 16.2. The van der Waals surface area contributed by atoms with Gasteiger partial charge in [-0.05, 0) is 63.3 Å². The Kier molecular flexibility index (Phi) is 10.0. The molecule has 0 unspecified atom stereocenters. The number of aromatic nitrogens is 2. The second kappa shape index (κ2) is 13.8. The van der Waals surface area contributed by atoms with E-state index in [0.717, 1.165) is 66.2 Å². The number of methoxy groups -OCH3 is 1. The molecular formula is C33H43N5O6S. The van der Waals surface area contributed by atoms with Crippen molar-refractivity contribution in [1.82, 2.24) is 15.0 Å². The molecule has 0 bridgehead atoms. The molecule has 242 valence electrons. The summed E-state index contributed by atoms with van der Waals surface area (Å²) < 4.78 is 45.9. The number of ether oxygens (including phenoxy) is 2. The number of rotatable bonds is 14. The summed E-state index contributed by atoms with van der Waals surface area (Å²) in [7, 11) is -2.77. The number of aliphatic imine (C=N–C) groups is 1. The third kappa shape index (κ3) is 6.41. The highest BCUT2D eigenvalue weighted by Gasteiger charge is 2.49. The number of hydrogen-bond acceptors (Lipinski definition) is 9. The van der Waals surface area contributed by atoms with Gasteiger partial charge < -0.3 is 14.0 Å². The number of aryl methyl sites for hydroxylation is 1. The third-order valence-electron chi connectivity index (χ3n) is 8.66. The molecule has 5 rings (SSSR count). The van der Waals surface area contributed by atoms with Crippen LogP contribution in [0.25, 0.3) is 11.3 Å². The van der Waals surface area contributed by atoms with Crippen LogP contribution in [-0.2, 0) is 37.4 Å². The molecule has 1 aliphatic carbocycles. The highest BCUT2D eigenvalue weighted by Crippen LogP contribution is 2.40. The molecule has 0 saturated heterocycles. The molecule has 3 heterocycles. The van der Waals surface area contributed by atoms with E-state index in [-0.39, 0.29) is 35.7 Å². The Bertz CT molecular complexity index is 1660. The largest absolute Gasteiger partial charge is 0.377 e. The van der Waals surface area contributed by atoms with Gasteiger partial charge in [0.2, 0.25) is 0 Å². The van der Waals surface area contributed by atoms with E-state index in [9.17, 15) is 13.2 Å². The first-order valence-electron chi connectivity index (χ1n) is 15.7. The van der Waals surface area contributed by atoms with Gasteiger partial charge in [0, 0.05) is 37.5 Å². The van der Waals surface area contributed by atoms with Gasteiger partial charge in [-0.15, -0.1) is 0 Å². The number of carbonyl (C=O) groups is 1. The Morgan fingerprint density at radius 2 is 1.91 bits per heavy atom. The van der Waals surface area contributed by atoms with Crippen LogP contribution in [0.3, 0.4) is 0 Å². The van der Waals surface area contributed by atoms with Crippen molar-refractivity contribution in [3.05, 3.63) is 59.0 Å². The van der Waals surface area contributed by atoms with Gasteiger partial charge in [-0.2, -0.15) is 0 Å². The van der Waals surface area contributed by atoms with Crippen LogP contribution in [0.5, 0.6) is 0 Å². The van der Waals surface area contributed by atoms with E-state index in [0.29, 0.717) is 30.0 Å². The Hall–Kier alpha value is -3.61. The predicted molar refractivity (Wildman–Crippen MR) is 171 cm³/mol. The number of anilines is 1. The molecule has 3 aromatic rings. The number of unbranched alkanes of at least 4 members (excludes halogenated alkanes) is 1. The molecule has 12 heteroatoms. The maximum atomic E-state index is 14.2. The minimum atomic E-state index is -4.19. The molecule has 45 heavy (non-hydrogen) atoms. The molecule has 1 saturated carbocycles. The lowest BCUT2D eigenvalue weighted by Gasteiger charge is -2.24. The number of benzene rings is 1. The van der Waals surface area contributed by atoms with Crippen LogP contribution in [0.15, 0.2) is 50.9 Å². The van der Waals surface area contributed by atoms with Crippen molar-refractivity contribution in [2.75, 3.05) is 24.8 Å². The van der Waals surface area contributed by atoms with Crippen molar-refractivity contribution in [2.24, 2.45) is 4.99 Å². The monoisotopic (exact) mass is 637 g/mol. The molecule has 1 aliphatic heterocycles. The maximum Gasteiger partial charge on any atom is 0.269 e. The van der Waals surface area contributed by atoms with E-state index < -0.39 is 15.6 Å². The smallest absolute Gasteiger partial charge is 0.269 e. The van der Waals surface area contributed by atoms with Crippen LogP contribution in [0.2, 0.25) is 0 Å². The fourth-order valence-electron chi connectivity index (χ4n) is 6.11. The van der Waals surface area contributed by atoms with Crippen molar-refractivity contribution in [3.8, 4) is 11.3 Å². The van der Waals surface area contributed by atoms with Crippen molar-refractivity contribution in [3.63, 3.8) is 0 Å². The number of nitrogens with zero attached hydrogens (tertiary/aromatic N) is 5. The van der Waals surface area contributed by atoms with Gasteiger partial charge >= 0.3 is 0 Å². The fourth-order valence-corrected chi connectivity index (χ4v) is 7.65. The highest BCUT2D eigenvalue weighted by molar-refractivity contribution is 7.93. The van der Waals surface area contributed by atoms with Gasteiger partial charge in [-0.3, -0.25) is 19.7 Å². The Morgan fingerprint density at radius 1 is 1.13 bits per heavy atom. The first-order valence-corrected chi connectivity index (χ1v) is 17.1. The highest BCUT2D eigenvalue weighted by atomic mass is 32.2. The van der Waals surface area contributed by atoms with Crippen LogP contribution in [0.1, 0.15) is 81.2 Å². The standard InChI is InChI=1S/C33H43N5O6S/c1-6-8-13-29-35-33(16-9-10-17-33)32(39)37(29)20-25-14-15-27(26(19-25)21-43-7-2)30-28(12-11-18-34-30)45(40,41)38(22-42-5)31-23(3)24(4)44-36-31/h11-12,14-15,18-19H,6-10,13,16-17,20-22H2,1-5H3. The van der Waals surface area contributed by atoms with E-state index >= 15 is 0 Å². The average Bonchev–Trinajstić information content (AvgIpc) is 3.72. The number of pyridine rings is 1. The van der Waals surface area contributed by atoms with E-state index in [1.54, 1.807) is 26.1 Å². The number of carbonyl (C=O) groups excluding carboxylic acids is 1. The minimum absolute atomic E-state index is 0.000479. The lowest BCUT2D eigenvalue weighted by Crippen LogP contribution is -2.40. The molecule has 2 aromatic heterocycles. The molecule has 0 atom stereocenters. The molecule has 2 aliphatic rings. The maximum absolute atomic E-state index is 14.2.